The van der Waals surface area contributed by atoms with E-state index in [0.29, 0.717) is 6.54 Å². The lowest BCUT2D eigenvalue weighted by molar-refractivity contribution is 0.150. The molecule has 0 fully saturated rings. The largest absolute Gasteiger partial charge is 0.392 e. The second kappa shape index (κ2) is 6.58. The second-order valence-corrected chi connectivity index (χ2v) is 2.71. The number of aliphatic hydroxyl groups is 1. The third-order valence-corrected chi connectivity index (χ3v) is 1.95. The molecule has 0 aromatic carbocycles. The van der Waals surface area contributed by atoms with E-state index in [9.17, 15) is 0 Å². The summed E-state index contributed by atoms with van der Waals surface area (Å²) in [4.78, 5) is 2.28. The van der Waals surface area contributed by atoms with Gasteiger partial charge in [0.25, 0.3) is 0 Å². The highest BCUT2D eigenvalue weighted by Gasteiger charge is 2.03. The summed E-state index contributed by atoms with van der Waals surface area (Å²) in [5, 5.41) is 9.15. The lowest BCUT2D eigenvalue weighted by Crippen LogP contribution is -2.29. The van der Waals surface area contributed by atoms with Gasteiger partial charge < -0.3 is 15.7 Å². The van der Waals surface area contributed by atoms with E-state index in [2.05, 4.69) is 18.7 Å². The van der Waals surface area contributed by atoms with Crippen molar-refractivity contribution in [1.29, 1.82) is 0 Å². The number of hydrogen-bond acceptors (Lipinski definition) is 3. The summed E-state index contributed by atoms with van der Waals surface area (Å²) >= 11 is 0. The number of nitrogens with two attached hydrogens (primary N) is 1. The van der Waals surface area contributed by atoms with E-state index < -0.39 is 0 Å². The summed E-state index contributed by atoms with van der Waals surface area (Å²) in [6, 6.07) is 0. The van der Waals surface area contributed by atoms with Gasteiger partial charge in [-0.3, -0.25) is 0 Å². The standard InChI is InChI=1S/C8H20N2O/c1-3-10(4-2)6-5-8(11)7-9/h8,11H,3-7,9H2,1-2H3/t8-/m1/s1. The van der Waals surface area contributed by atoms with Gasteiger partial charge in [-0.1, -0.05) is 13.8 Å². The van der Waals surface area contributed by atoms with E-state index in [4.69, 9.17) is 10.8 Å². The maximum Gasteiger partial charge on any atom is 0.0674 e. The Kier molecular flexibility index (Phi) is 6.51. The SMILES string of the molecule is CCN(CC)CC[C@@H](O)CN. The first-order valence-corrected chi connectivity index (χ1v) is 4.35. The molecule has 0 aromatic heterocycles. The Morgan fingerprint density at radius 1 is 1.36 bits per heavy atom. The fraction of sp³-hybridized carbons (Fsp3) is 1.00. The van der Waals surface area contributed by atoms with Gasteiger partial charge >= 0.3 is 0 Å². The molecule has 0 saturated heterocycles. The Hall–Kier alpha value is -0.120. The zero-order chi connectivity index (χ0) is 8.69. The zero-order valence-corrected chi connectivity index (χ0v) is 7.58. The number of rotatable bonds is 6. The average molecular weight is 160 g/mol. The molecule has 1 atom stereocenters. The molecule has 0 saturated carbocycles. The molecule has 0 aliphatic heterocycles. The molecule has 0 aliphatic rings. The predicted molar refractivity (Wildman–Crippen MR) is 47.5 cm³/mol. The van der Waals surface area contributed by atoms with Crippen molar-refractivity contribution < 1.29 is 5.11 Å². The lowest BCUT2D eigenvalue weighted by atomic mass is 10.2. The third kappa shape index (κ3) is 5.18. The highest BCUT2D eigenvalue weighted by Crippen LogP contribution is 1.94. The lowest BCUT2D eigenvalue weighted by Gasteiger charge is -2.19. The summed E-state index contributed by atoms with van der Waals surface area (Å²) in [5.74, 6) is 0. The number of hydrogen-bond donors (Lipinski definition) is 2. The van der Waals surface area contributed by atoms with E-state index in [-0.39, 0.29) is 6.10 Å². The van der Waals surface area contributed by atoms with Gasteiger partial charge in [0.1, 0.15) is 0 Å². The van der Waals surface area contributed by atoms with Crippen molar-refractivity contribution in [2.24, 2.45) is 5.73 Å². The summed E-state index contributed by atoms with van der Waals surface area (Å²) < 4.78 is 0. The Balaban J connectivity index is 3.34. The average Bonchev–Trinajstić information content (AvgIpc) is 2.06. The monoisotopic (exact) mass is 160 g/mol. The van der Waals surface area contributed by atoms with Crippen LogP contribution < -0.4 is 5.73 Å². The molecule has 0 bridgehead atoms. The molecule has 0 aliphatic carbocycles. The van der Waals surface area contributed by atoms with Gasteiger partial charge in [0.2, 0.25) is 0 Å². The molecule has 0 amide bonds. The molecule has 0 aromatic rings. The normalized spacial score (nSPS) is 13.9. The van der Waals surface area contributed by atoms with Crippen LogP contribution in [0.1, 0.15) is 20.3 Å². The first-order chi connectivity index (χ1) is 5.24. The van der Waals surface area contributed by atoms with E-state index >= 15 is 0 Å². The van der Waals surface area contributed by atoms with Gasteiger partial charge in [-0.15, -0.1) is 0 Å². The first-order valence-electron chi connectivity index (χ1n) is 4.35. The number of nitrogens with zero attached hydrogens (tertiary/aromatic N) is 1. The zero-order valence-electron chi connectivity index (χ0n) is 7.58. The first kappa shape index (κ1) is 10.9. The van der Waals surface area contributed by atoms with Crippen LogP contribution in [0.25, 0.3) is 0 Å². The topological polar surface area (TPSA) is 49.5 Å². The van der Waals surface area contributed by atoms with Gasteiger partial charge in [0.05, 0.1) is 6.10 Å². The van der Waals surface area contributed by atoms with Crippen molar-refractivity contribution in [3.63, 3.8) is 0 Å². The highest BCUT2D eigenvalue weighted by molar-refractivity contribution is 4.59. The summed E-state index contributed by atoms with van der Waals surface area (Å²) in [6.07, 6.45) is 0.466. The molecule has 0 rings (SSSR count). The Morgan fingerprint density at radius 2 is 1.91 bits per heavy atom. The molecule has 3 heteroatoms. The van der Waals surface area contributed by atoms with Crippen LogP contribution in [0, 0.1) is 0 Å². The maximum absolute atomic E-state index is 9.15. The summed E-state index contributed by atoms with van der Waals surface area (Å²) in [6.45, 7) is 7.67. The molecule has 11 heavy (non-hydrogen) atoms. The van der Waals surface area contributed by atoms with Gasteiger partial charge in [-0.25, -0.2) is 0 Å². The van der Waals surface area contributed by atoms with E-state index in [1.807, 2.05) is 0 Å². The van der Waals surface area contributed by atoms with Crippen LogP contribution in [-0.2, 0) is 0 Å². The minimum atomic E-state index is -0.324. The van der Waals surface area contributed by atoms with Crippen molar-refractivity contribution in [3.8, 4) is 0 Å². The Bertz CT molecular complexity index is 84.2. The molecule has 0 radical (unpaired) electrons. The van der Waals surface area contributed by atoms with Crippen LogP contribution in [0.2, 0.25) is 0 Å². The van der Waals surface area contributed by atoms with Crippen LogP contribution in [0.3, 0.4) is 0 Å². The van der Waals surface area contributed by atoms with E-state index in [1.54, 1.807) is 0 Å². The van der Waals surface area contributed by atoms with E-state index in [0.717, 1.165) is 26.1 Å². The van der Waals surface area contributed by atoms with Crippen LogP contribution in [0.15, 0.2) is 0 Å². The van der Waals surface area contributed by atoms with Gasteiger partial charge in [0, 0.05) is 13.1 Å². The summed E-state index contributed by atoms with van der Waals surface area (Å²) in [5.41, 5.74) is 5.27. The molecule has 68 valence electrons. The second-order valence-electron chi connectivity index (χ2n) is 2.71. The number of aliphatic hydroxyl groups excluding tert-OH is 1. The molecular weight excluding hydrogens is 140 g/mol. The van der Waals surface area contributed by atoms with Crippen molar-refractivity contribution >= 4 is 0 Å². The molecule has 0 heterocycles. The molecular formula is C8H20N2O. The van der Waals surface area contributed by atoms with Crippen molar-refractivity contribution in [2.45, 2.75) is 26.4 Å². The Morgan fingerprint density at radius 3 is 2.27 bits per heavy atom. The van der Waals surface area contributed by atoms with Crippen LogP contribution >= 0.6 is 0 Å². The van der Waals surface area contributed by atoms with Gasteiger partial charge in [-0.2, -0.15) is 0 Å². The molecule has 0 unspecified atom stereocenters. The fourth-order valence-electron chi connectivity index (χ4n) is 0.989. The van der Waals surface area contributed by atoms with Crippen molar-refractivity contribution in [2.75, 3.05) is 26.2 Å². The fourth-order valence-corrected chi connectivity index (χ4v) is 0.989. The minimum Gasteiger partial charge on any atom is -0.392 e. The van der Waals surface area contributed by atoms with Crippen molar-refractivity contribution in [1.82, 2.24) is 4.90 Å². The molecule has 3 N–H and O–H groups in total. The van der Waals surface area contributed by atoms with Gasteiger partial charge in [0.15, 0.2) is 0 Å². The highest BCUT2D eigenvalue weighted by atomic mass is 16.3. The molecule has 0 spiro atoms. The van der Waals surface area contributed by atoms with Gasteiger partial charge in [-0.05, 0) is 19.5 Å². The quantitative estimate of drug-likeness (QED) is 0.576. The summed E-state index contributed by atoms with van der Waals surface area (Å²) in [7, 11) is 0. The van der Waals surface area contributed by atoms with Crippen molar-refractivity contribution in [3.05, 3.63) is 0 Å². The van der Waals surface area contributed by atoms with E-state index in [1.165, 1.54) is 0 Å². The third-order valence-electron chi connectivity index (χ3n) is 1.95. The Labute approximate surface area is 69.2 Å². The predicted octanol–water partition coefficient (Wildman–Crippen LogP) is 0.0379. The maximum atomic E-state index is 9.15. The molecule has 3 nitrogen and oxygen atoms in total. The van der Waals surface area contributed by atoms with Crippen LogP contribution in [-0.4, -0.2) is 42.3 Å². The smallest absolute Gasteiger partial charge is 0.0674 e. The van der Waals surface area contributed by atoms with Crippen LogP contribution in [0.5, 0.6) is 0 Å². The van der Waals surface area contributed by atoms with Crippen LogP contribution in [0.4, 0.5) is 0 Å². The minimum absolute atomic E-state index is 0.324.